The molecule has 0 fully saturated rings. The largest absolute Gasteiger partial charge is 0.478 e. The fraction of sp³-hybridized carbons (Fsp3) is 0.172. The molecule has 44 heavy (non-hydrogen) atoms. The van der Waals surface area contributed by atoms with E-state index in [1.807, 2.05) is 0 Å². The Balaban J connectivity index is 1.52. The molecule has 0 saturated heterocycles. The summed E-state index contributed by atoms with van der Waals surface area (Å²) in [6.45, 7) is 0.0465. The van der Waals surface area contributed by atoms with Gasteiger partial charge >= 0.3 is 5.97 Å². The SMILES string of the molecule is CS(=O)(=O)Nc1cccc2c1CCN(C(=O)/C=C/c1c(-n3cnnn3)ccc(Cl)c1F)C2C(=O)Cc1ccc(C(=O)O)cc1. The standard InChI is InChI=1S/C29H24ClFN6O6S/c1-44(42,43)33-23-4-2-3-20-19(23)13-14-36(28(20)25(38)15-17-5-7-18(8-6-17)29(40)41)26(39)12-9-21-24(37-16-32-34-35-37)11-10-22(30)27(21)31/h2-12,16,28,33H,13-15H2,1H3,(H,40,41)/b12-9+. The molecule has 15 heteroatoms. The van der Waals surface area contributed by atoms with Crippen LogP contribution >= 0.6 is 11.6 Å². The van der Waals surface area contributed by atoms with Crippen molar-refractivity contribution in [2.24, 2.45) is 0 Å². The van der Waals surface area contributed by atoms with Gasteiger partial charge in [0.25, 0.3) is 0 Å². The first-order valence-electron chi connectivity index (χ1n) is 13.1. The zero-order chi connectivity index (χ0) is 31.6. The summed E-state index contributed by atoms with van der Waals surface area (Å²) < 4.78 is 42.8. The summed E-state index contributed by atoms with van der Waals surface area (Å²) in [7, 11) is -3.64. The number of sulfonamides is 1. The Morgan fingerprint density at radius 2 is 1.89 bits per heavy atom. The number of hydrogen-bond acceptors (Lipinski definition) is 8. The molecular formula is C29H24ClFN6O6S. The highest BCUT2D eigenvalue weighted by Crippen LogP contribution is 2.36. The quantitative estimate of drug-likeness (QED) is 0.261. The highest BCUT2D eigenvalue weighted by atomic mass is 35.5. The van der Waals surface area contributed by atoms with Gasteiger partial charge in [-0.2, -0.15) is 4.68 Å². The number of carbonyl (C=O) groups excluding carboxylic acids is 2. The van der Waals surface area contributed by atoms with Crippen LogP contribution in [0.5, 0.6) is 0 Å². The number of halogens is 2. The molecule has 1 unspecified atom stereocenters. The first-order chi connectivity index (χ1) is 20.9. The smallest absolute Gasteiger partial charge is 0.335 e. The average molecular weight is 639 g/mol. The van der Waals surface area contributed by atoms with E-state index < -0.39 is 39.5 Å². The number of benzene rings is 3. The molecule has 5 rings (SSSR count). The highest BCUT2D eigenvalue weighted by Gasteiger charge is 2.36. The molecule has 3 aromatic carbocycles. The third-order valence-electron chi connectivity index (χ3n) is 6.98. The monoisotopic (exact) mass is 638 g/mol. The number of aromatic nitrogens is 4. The lowest BCUT2D eigenvalue weighted by Gasteiger charge is -2.37. The van der Waals surface area contributed by atoms with Gasteiger partial charge in [0.2, 0.25) is 15.9 Å². The molecule has 1 aromatic heterocycles. The number of nitrogens with zero attached hydrogens (tertiary/aromatic N) is 5. The normalized spacial score (nSPS) is 14.8. The summed E-state index contributed by atoms with van der Waals surface area (Å²) in [5.41, 5.74) is 2.03. The predicted octanol–water partition coefficient (Wildman–Crippen LogP) is 3.48. The van der Waals surface area contributed by atoms with Crippen molar-refractivity contribution in [3.05, 3.63) is 106 Å². The minimum atomic E-state index is -3.64. The van der Waals surface area contributed by atoms with Crippen molar-refractivity contribution in [1.82, 2.24) is 25.1 Å². The van der Waals surface area contributed by atoms with Crippen molar-refractivity contribution in [3.8, 4) is 5.69 Å². The van der Waals surface area contributed by atoms with E-state index in [1.54, 1.807) is 18.2 Å². The molecule has 0 spiro atoms. The van der Waals surface area contributed by atoms with Crippen LogP contribution in [0.15, 0.2) is 67.0 Å². The van der Waals surface area contributed by atoms with Crippen LogP contribution in [0.1, 0.15) is 38.7 Å². The van der Waals surface area contributed by atoms with E-state index in [4.69, 9.17) is 11.6 Å². The lowest BCUT2D eigenvalue weighted by Crippen LogP contribution is -2.43. The van der Waals surface area contributed by atoms with Gasteiger partial charge in [0.05, 0.1) is 28.2 Å². The van der Waals surface area contributed by atoms with Gasteiger partial charge in [-0.3, -0.25) is 14.3 Å². The number of nitrogens with one attached hydrogen (secondary N) is 1. The second-order valence-electron chi connectivity index (χ2n) is 9.96. The van der Waals surface area contributed by atoms with Crippen LogP contribution in [0.25, 0.3) is 11.8 Å². The molecule has 226 valence electrons. The maximum Gasteiger partial charge on any atom is 0.335 e. The molecule has 0 saturated carbocycles. The van der Waals surface area contributed by atoms with Crippen LogP contribution in [0, 0.1) is 5.82 Å². The van der Waals surface area contributed by atoms with E-state index in [2.05, 4.69) is 20.2 Å². The Morgan fingerprint density at radius 3 is 2.55 bits per heavy atom. The van der Waals surface area contributed by atoms with E-state index in [0.717, 1.165) is 12.3 Å². The zero-order valence-electron chi connectivity index (χ0n) is 23.0. The number of Topliss-reactive ketones (excluding diaryl/α,β-unsaturated/α-hetero) is 1. The fourth-order valence-electron chi connectivity index (χ4n) is 5.05. The molecular weight excluding hydrogens is 615 g/mol. The summed E-state index contributed by atoms with van der Waals surface area (Å²) in [6, 6.07) is 12.3. The predicted molar refractivity (Wildman–Crippen MR) is 158 cm³/mol. The minimum absolute atomic E-state index is 0.0465. The molecule has 1 atom stereocenters. The van der Waals surface area contributed by atoms with Crippen LogP contribution < -0.4 is 4.72 Å². The molecule has 12 nitrogen and oxygen atoms in total. The molecule has 1 aliphatic rings. The maximum absolute atomic E-state index is 15.1. The summed E-state index contributed by atoms with van der Waals surface area (Å²) in [6.07, 6.45) is 4.69. The molecule has 0 bridgehead atoms. The number of rotatable bonds is 9. The van der Waals surface area contributed by atoms with Gasteiger partial charge in [-0.15, -0.1) is 5.10 Å². The molecule has 2 N–H and O–H groups in total. The van der Waals surface area contributed by atoms with Crippen molar-refractivity contribution in [2.75, 3.05) is 17.5 Å². The lowest BCUT2D eigenvalue weighted by molar-refractivity contribution is -0.136. The first-order valence-corrected chi connectivity index (χ1v) is 15.3. The van der Waals surface area contributed by atoms with Crippen LogP contribution in [0.3, 0.4) is 0 Å². The number of hydrogen-bond donors (Lipinski definition) is 2. The second kappa shape index (κ2) is 12.3. The Bertz CT molecular complexity index is 1900. The van der Waals surface area contributed by atoms with Gasteiger partial charge in [-0.25, -0.2) is 17.6 Å². The minimum Gasteiger partial charge on any atom is -0.478 e. The van der Waals surface area contributed by atoms with Gasteiger partial charge in [0, 0.05) is 24.6 Å². The van der Waals surface area contributed by atoms with Crippen molar-refractivity contribution >= 4 is 51.0 Å². The van der Waals surface area contributed by atoms with Crippen molar-refractivity contribution in [1.29, 1.82) is 0 Å². The third-order valence-corrected chi connectivity index (χ3v) is 7.86. The van der Waals surface area contributed by atoms with Gasteiger partial charge in [0.1, 0.15) is 12.4 Å². The fourth-order valence-corrected chi connectivity index (χ4v) is 5.80. The number of fused-ring (bicyclic) bond motifs is 1. The van der Waals surface area contributed by atoms with Gasteiger partial charge in [-0.1, -0.05) is 35.9 Å². The van der Waals surface area contributed by atoms with Gasteiger partial charge < -0.3 is 10.0 Å². The van der Waals surface area contributed by atoms with Gasteiger partial charge in [0.15, 0.2) is 11.6 Å². The van der Waals surface area contributed by atoms with Crippen LogP contribution in [-0.2, 0) is 32.5 Å². The Hall–Kier alpha value is -4.95. The van der Waals surface area contributed by atoms with Crippen molar-refractivity contribution in [2.45, 2.75) is 18.9 Å². The highest BCUT2D eigenvalue weighted by molar-refractivity contribution is 7.92. The Morgan fingerprint density at radius 1 is 1.14 bits per heavy atom. The molecule has 0 radical (unpaired) electrons. The summed E-state index contributed by atoms with van der Waals surface area (Å²) >= 11 is 6.01. The first kappa shape index (κ1) is 30.5. The van der Waals surface area contributed by atoms with E-state index >= 15 is 4.39 Å². The number of ketones is 1. The van der Waals surface area contributed by atoms with E-state index in [-0.39, 0.29) is 41.2 Å². The van der Waals surface area contributed by atoms with Gasteiger partial charge in [-0.05, 0) is 69.9 Å². The topological polar surface area (TPSA) is 164 Å². The Kier molecular flexibility index (Phi) is 8.56. The molecule has 2 heterocycles. The third kappa shape index (κ3) is 6.50. The summed E-state index contributed by atoms with van der Waals surface area (Å²) in [5, 5.41) is 19.9. The molecule has 1 amide bonds. The number of amides is 1. The van der Waals surface area contributed by atoms with Crippen LogP contribution in [-0.4, -0.2) is 69.1 Å². The second-order valence-corrected chi connectivity index (χ2v) is 12.1. The average Bonchev–Trinajstić information content (AvgIpc) is 3.51. The Labute approximate surface area is 255 Å². The zero-order valence-corrected chi connectivity index (χ0v) is 24.6. The summed E-state index contributed by atoms with van der Waals surface area (Å²) in [4.78, 5) is 40.1. The van der Waals surface area contributed by atoms with Crippen molar-refractivity contribution < 1.29 is 32.3 Å². The number of carbonyl (C=O) groups is 3. The molecule has 0 aliphatic carbocycles. The maximum atomic E-state index is 15.1. The molecule has 1 aliphatic heterocycles. The number of tetrazole rings is 1. The van der Waals surface area contributed by atoms with Crippen molar-refractivity contribution in [3.63, 3.8) is 0 Å². The summed E-state index contributed by atoms with van der Waals surface area (Å²) in [5.74, 6) is -2.92. The number of anilines is 1. The molecule has 4 aromatic rings. The number of carboxylic acids is 1. The van der Waals surface area contributed by atoms with E-state index in [1.165, 1.54) is 58.4 Å². The van der Waals surface area contributed by atoms with Crippen LogP contribution in [0.2, 0.25) is 5.02 Å². The van der Waals surface area contributed by atoms with E-state index in [9.17, 15) is 27.9 Å². The number of aromatic carboxylic acids is 1. The number of carboxylic acid groups (broad SMARTS) is 1. The van der Waals surface area contributed by atoms with Crippen LogP contribution in [0.4, 0.5) is 10.1 Å². The van der Waals surface area contributed by atoms with E-state index in [0.29, 0.717) is 22.4 Å². The lowest BCUT2D eigenvalue weighted by atomic mass is 9.87.